The van der Waals surface area contributed by atoms with Gasteiger partial charge in [-0.1, -0.05) is 42.5 Å². The molecule has 0 N–H and O–H groups in total. The number of amides is 1. The molecule has 2 aromatic rings. The largest absolute Gasteiger partial charge is 0.494 e. The highest BCUT2D eigenvalue weighted by Crippen LogP contribution is 2.37. The van der Waals surface area contributed by atoms with Gasteiger partial charge in [0.15, 0.2) is 0 Å². The van der Waals surface area contributed by atoms with E-state index in [0.717, 1.165) is 16.9 Å². The fourth-order valence-corrected chi connectivity index (χ4v) is 3.54. The summed E-state index contributed by atoms with van der Waals surface area (Å²) >= 11 is 0. The lowest BCUT2D eigenvalue weighted by atomic mass is 10.0. The second-order valence-electron chi connectivity index (χ2n) is 6.77. The molecule has 0 saturated carbocycles. The van der Waals surface area contributed by atoms with Crippen LogP contribution in [0.4, 0.5) is 0 Å². The van der Waals surface area contributed by atoms with E-state index in [1.807, 2.05) is 68.4 Å². The van der Waals surface area contributed by atoms with Crippen LogP contribution in [0.25, 0.3) is 6.08 Å². The lowest BCUT2D eigenvalue weighted by Crippen LogP contribution is -2.28. The normalized spacial score (nSPS) is 16.3. The first-order valence-corrected chi connectivity index (χ1v) is 9.60. The van der Waals surface area contributed by atoms with Crippen molar-refractivity contribution in [1.82, 2.24) is 4.90 Å². The third kappa shape index (κ3) is 4.09. The lowest BCUT2D eigenvalue weighted by molar-refractivity contribution is -0.136. The molecule has 1 amide bonds. The maximum atomic E-state index is 13.3. The molecule has 0 unspecified atom stereocenters. The van der Waals surface area contributed by atoms with Gasteiger partial charge in [0.25, 0.3) is 5.91 Å². The zero-order chi connectivity index (χ0) is 21.0. The van der Waals surface area contributed by atoms with Crippen LogP contribution in [-0.2, 0) is 14.3 Å². The summed E-state index contributed by atoms with van der Waals surface area (Å²) in [6.45, 7) is 6.24. The minimum absolute atomic E-state index is 0.213. The van der Waals surface area contributed by atoms with Crippen molar-refractivity contribution in [3.8, 4) is 5.75 Å². The van der Waals surface area contributed by atoms with E-state index < -0.39 is 5.97 Å². The van der Waals surface area contributed by atoms with E-state index in [2.05, 4.69) is 0 Å². The number of carbonyl (C=O) groups excluding carboxylic acids is 2. The number of nitrogens with zero attached hydrogens (tertiary/aromatic N) is 1. The second kappa shape index (κ2) is 8.78. The molecule has 1 atom stereocenters. The summed E-state index contributed by atoms with van der Waals surface area (Å²) in [5, 5.41) is 0. The van der Waals surface area contributed by atoms with Crippen LogP contribution in [0.5, 0.6) is 5.75 Å². The molecule has 1 heterocycles. The first-order chi connectivity index (χ1) is 14.0. The van der Waals surface area contributed by atoms with Gasteiger partial charge < -0.3 is 14.4 Å². The minimum atomic E-state index is -0.518. The number of benzene rings is 2. The predicted molar refractivity (Wildman–Crippen MR) is 112 cm³/mol. The molecule has 29 heavy (non-hydrogen) atoms. The number of allylic oxidation sites excluding steroid dienone is 1. The van der Waals surface area contributed by atoms with Crippen LogP contribution in [0.15, 0.2) is 71.4 Å². The highest BCUT2D eigenvalue weighted by molar-refractivity contribution is 6.16. The lowest BCUT2D eigenvalue weighted by Gasteiger charge is -2.26. The summed E-state index contributed by atoms with van der Waals surface area (Å²) in [4.78, 5) is 27.5. The van der Waals surface area contributed by atoms with Crippen molar-refractivity contribution in [2.24, 2.45) is 0 Å². The molecule has 0 fully saturated rings. The summed E-state index contributed by atoms with van der Waals surface area (Å²) in [6, 6.07) is 16.9. The van der Waals surface area contributed by atoms with Crippen LogP contribution in [0.1, 0.15) is 37.9 Å². The number of hydrogen-bond donors (Lipinski definition) is 0. The van der Waals surface area contributed by atoms with Gasteiger partial charge in [-0.15, -0.1) is 0 Å². The van der Waals surface area contributed by atoms with Crippen LogP contribution in [0, 0.1) is 0 Å². The summed E-state index contributed by atoms with van der Waals surface area (Å²) in [5.74, 6) is 0.0237. The molecule has 3 rings (SSSR count). The fraction of sp³-hybridized carbons (Fsp3) is 0.250. The first-order valence-electron chi connectivity index (χ1n) is 9.60. The minimum Gasteiger partial charge on any atom is -0.494 e. The summed E-state index contributed by atoms with van der Waals surface area (Å²) in [5.41, 5.74) is 3.03. The Bertz CT molecular complexity index is 958. The number of ether oxygens (including phenoxy) is 2. The van der Waals surface area contributed by atoms with Crippen molar-refractivity contribution in [2.45, 2.75) is 26.8 Å². The van der Waals surface area contributed by atoms with Gasteiger partial charge in [0, 0.05) is 5.70 Å². The van der Waals surface area contributed by atoms with Crippen molar-refractivity contribution >= 4 is 18.0 Å². The fourth-order valence-electron chi connectivity index (χ4n) is 3.54. The van der Waals surface area contributed by atoms with Gasteiger partial charge >= 0.3 is 5.97 Å². The van der Waals surface area contributed by atoms with Gasteiger partial charge in [-0.3, -0.25) is 4.79 Å². The number of hydrogen-bond acceptors (Lipinski definition) is 4. The SMILES string of the molecule is CCOc1ccc(/C=C2\C(=O)N([C@@H](C)c3ccccc3)C(C)=C2C(=O)OC)cc1. The Labute approximate surface area is 171 Å². The molecule has 0 spiro atoms. The molecule has 0 bridgehead atoms. The predicted octanol–water partition coefficient (Wildman–Crippen LogP) is 4.52. The Morgan fingerprint density at radius 2 is 1.76 bits per heavy atom. The van der Waals surface area contributed by atoms with E-state index in [9.17, 15) is 9.59 Å². The van der Waals surface area contributed by atoms with Gasteiger partial charge in [0.1, 0.15) is 5.75 Å². The maximum absolute atomic E-state index is 13.3. The van der Waals surface area contributed by atoms with Crippen molar-refractivity contribution in [1.29, 1.82) is 0 Å². The zero-order valence-corrected chi connectivity index (χ0v) is 17.1. The quantitative estimate of drug-likeness (QED) is 0.537. The molecule has 150 valence electrons. The molecule has 0 saturated heterocycles. The molecule has 0 radical (unpaired) electrons. The van der Waals surface area contributed by atoms with Gasteiger partial charge in [-0.25, -0.2) is 4.79 Å². The van der Waals surface area contributed by atoms with E-state index in [1.165, 1.54) is 7.11 Å². The first kappa shape index (κ1) is 20.4. The van der Waals surface area contributed by atoms with Crippen molar-refractivity contribution < 1.29 is 19.1 Å². The molecule has 1 aliphatic heterocycles. The molecule has 2 aromatic carbocycles. The second-order valence-corrected chi connectivity index (χ2v) is 6.77. The zero-order valence-electron chi connectivity index (χ0n) is 17.1. The van der Waals surface area contributed by atoms with Gasteiger partial charge in [0.2, 0.25) is 0 Å². The number of methoxy groups -OCH3 is 1. The molecular formula is C24H25NO4. The molecule has 1 aliphatic rings. The van der Waals surface area contributed by atoms with Crippen LogP contribution >= 0.6 is 0 Å². The van der Waals surface area contributed by atoms with E-state index >= 15 is 0 Å². The third-order valence-electron chi connectivity index (χ3n) is 5.00. The van der Waals surface area contributed by atoms with Gasteiger partial charge in [-0.05, 0) is 50.1 Å². The maximum Gasteiger partial charge on any atom is 0.340 e. The Morgan fingerprint density at radius 1 is 1.10 bits per heavy atom. The van der Waals surface area contributed by atoms with E-state index in [0.29, 0.717) is 23.5 Å². The van der Waals surface area contributed by atoms with Gasteiger partial charge in [-0.2, -0.15) is 0 Å². The Morgan fingerprint density at radius 3 is 2.34 bits per heavy atom. The summed E-state index contributed by atoms with van der Waals surface area (Å²) in [6.07, 6.45) is 1.73. The number of rotatable bonds is 6. The van der Waals surface area contributed by atoms with E-state index in [4.69, 9.17) is 9.47 Å². The third-order valence-corrected chi connectivity index (χ3v) is 5.00. The molecule has 5 heteroatoms. The van der Waals surface area contributed by atoms with Gasteiger partial charge in [0.05, 0.1) is 30.9 Å². The Hall–Kier alpha value is -3.34. The van der Waals surface area contributed by atoms with Crippen LogP contribution < -0.4 is 4.74 Å². The standard InChI is InChI=1S/C24H25NO4/c1-5-29-20-13-11-18(12-14-20)15-21-22(24(27)28-4)17(3)25(23(21)26)16(2)19-9-7-6-8-10-19/h6-16H,5H2,1-4H3/b21-15-/t16-/m0/s1. The number of carbonyl (C=O) groups is 2. The Kier molecular flexibility index (Phi) is 6.17. The van der Waals surface area contributed by atoms with Crippen LogP contribution in [0.2, 0.25) is 0 Å². The molecule has 0 aromatic heterocycles. The van der Waals surface area contributed by atoms with E-state index in [1.54, 1.807) is 17.9 Å². The van der Waals surface area contributed by atoms with Crippen molar-refractivity contribution in [3.05, 3.63) is 82.6 Å². The highest BCUT2D eigenvalue weighted by atomic mass is 16.5. The molecular weight excluding hydrogens is 366 g/mol. The topological polar surface area (TPSA) is 55.8 Å². The average molecular weight is 391 g/mol. The van der Waals surface area contributed by atoms with Crippen molar-refractivity contribution in [3.63, 3.8) is 0 Å². The molecule has 5 nitrogen and oxygen atoms in total. The average Bonchev–Trinajstić information content (AvgIpc) is 2.98. The summed E-state index contributed by atoms with van der Waals surface area (Å²) in [7, 11) is 1.32. The van der Waals surface area contributed by atoms with E-state index in [-0.39, 0.29) is 11.9 Å². The van der Waals surface area contributed by atoms with Crippen molar-refractivity contribution in [2.75, 3.05) is 13.7 Å². The number of esters is 1. The van der Waals surface area contributed by atoms with Crippen LogP contribution in [-0.4, -0.2) is 30.5 Å². The molecule has 0 aliphatic carbocycles. The summed E-state index contributed by atoms with van der Waals surface area (Å²) < 4.78 is 10.4. The highest BCUT2D eigenvalue weighted by Gasteiger charge is 2.39. The Balaban J connectivity index is 2.02. The monoisotopic (exact) mass is 391 g/mol. The smallest absolute Gasteiger partial charge is 0.340 e. The van der Waals surface area contributed by atoms with Crippen LogP contribution in [0.3, 0.4) is 0 Å².